The number of thiazole rings is 1. The second-order valence-corrected chi connectivity index (χ2v) is 9.20. The zero-order chi connectivity index (χ0) is 21.8. The highest BCUT2D eigenvalue weighted by Crippen LogP contribution is 2.32. The van der Waals surface area contributed by atoms with Gasteiger partial charge in [0.15, 0.2) is 0 Å². The molecule has 31 heavy (non-hydrogen) atoms. The predicted octanol–water partition coefficient (Wildman–Crippen LogP) is 3.32. The van der Waals surface area contributed by atoms with Gasteiger partial charge in [-0.1, -0.05) is 18.2 Å². The summed E-state index contributed by atoms with van der Waals surface area (Å²) in [4.78, 5) is 43.1. The number of benzene rings is 1. The van der Waals surface area contributed by atoms with Crippen molar-refractivity contribution in [1.82, 2.24) is 9.88 Å². The minimum atomic E-state index is -0.231. The number of aryl methyl sites for hydroxylation is 1. The summed E-state index contributed by atoms with van der Waals surface area (Å²) in [7, 11) is 0. The quantitative estimate of drug-likeness (QED) is 0.666. The van der Waals surface area contributed by atoms with Crippen LogP contribution in [0.4, 0.5) is 5.69 Å². The molecule has 0 spiro atoms. The van der Waals surface area contributed by atoms with Crippen molar-refractivity contribution < 1.29 is 19.1 Å². The monoisotopic (exact) mass is 441 g/mol. The summed E-state index contributed by atoms with van der Waals surface area (Å²) in [6.45, 7) is 3.31. The van der Waals surface area contributed by atoms with Crippen molar-refractivity contribution in [2.24, 2.45) is 11.8 Å². The molecule has 2 fully saturated rings. The minimum absolute atomic E-state index is 0.107. The first-order valence-electron chi connectivity index (χ1n) is 10.7. The maximum Gasteiger partial charge on any atom is 0.309 e. The van der Waals surface area contributed by atoms with Gasteiger partial charge in [0.25, 0.3) is 0 Å². The molecule has 1 aromatic heterocycles. The van der Waals surface area contributed by atoms with Crippen LogP contribution < -0.4 is 5.32 Å². The summed E-state index contributed by atoms with van der Waals surface area (Å²) in [5.74, 6) is -0.0549. The molecule has 2 aliphatic rings. The Morgan fingerprint density at radius 3 is 2.58 bits per heavy atom. The van der Waals surface area contributed by atoms with Gasteiger partial charge < -0.3 is 15.0 Å². The van der Waals surface area contributed by atoms with Crippen LogP contribution in [0.5, 0.6) is 0 Å². The third kappa shape index (κ3) is 5.70. The van der Waals surface area contributed by atoms with Crippen LogP contribution in [-0.4, -0.2) is 40.8 Å². The van der Waals surface area contributed by atoms with Crippen molar-refractivity contribution in [3.05, 3.63) is 45.9 Å². The Bertz CT molecular complexity index is 961. The Balaban J connectivity index is 1.20. The number of esters is 1. The number of anilines is 1. The first-order chi connectivity index (χ1) is 15.0. The maximum absolute atomic E-state index is 12.4. The van der Waals surface area contributed by atoms with Gasteiger partial charge in [-0.3, -0.25) is 14.4 Å². The molecule has 8 heteroatoms. The Hall–Kier alpha value is -2.74. The van der Waals surface area contributed by atoms with E-state index in [0.717, 1.165) is 24.1 Å². The molecule has 1 saturated heterocycles. The van der Waals surface area contributed by atoms with E-state index >= 15 is 0 Å². The number of carbonyl (C=O) groups is 3. The number of nitrogens with zero attached hydrogens (tertiary/aromatic N) is 2. The average Bonchev–Trinajstić information content (AvgIpc) is 3.53. The lowest BCUT2D eigenvalue weighted by Crippen LogP contribution is -2.41. The molecule has 0 radical (unpaired) electrons. The smallest absolute Gasteiger partial charge is 0.309 e. The zero-order valence-electron chi connectivity index (χ0n) is 17.6. The van der Waals surface area contributed by atoms with Gasteiger partial charge in [-0.15, -0.1) is 11.3 Å². The lowest BCUT2D eigenvalue weighted by molar-refractivity contribution is -0.153. The van der Waals surface area contributed by atoms with E-state index in [0.29, 0.717) is 36.6 Å². The molecule has 1 aliphatic carbocycles. The van der Waals surface area contributed by atoms with Gasteiger partial charge in [-0.25, -0.2) is 4.98 Å². The first-order valence-corrected chi connectivity index (χ1v) is 11.6. The van der Waals surface area contributed by atoms with Gasteiger partial charge in [0.05, 0.1) is 18.0 Å². The van der Waals surface area contributed by atoms with Gasteiger partial charge in [0, 0.05) is 30.1 Å². The normalized spacial score (nSPS) is 16.7. The third-order valence-corrected chi connectivity index (χ3v) is 6.66. The van der Waals surface area contributed by atoms with Crippen LogP contribution in [0.1, 0.15) is 41.9 Å². The van der Waals surface area contributed by atoms with Crippen molar-refractivity contribution >= 4 is 34.8 Å². The zero-order valence-corrected chi connectivity index (χ0v) is 18.5. The summed E-state index contributed by atoms with van der Waals surface area (Å²) < 4.78 is 5.45. The fourth-order valence-corrected chi connectivity index (χ4v) is 4.51. The van der Waals surface area contributed by atoms with Crippen LogP contribution in [0.15, 0.2) is 29.6 Å². The topological polar surface area (TPSA) is 88.6 Å². The van der Waals surface area contributed by atoms with Crippen LogP contribution in [0.2, 0.25) is 0 Å². The molecule has 1 aliphatic heterocycles. The van der Waals surface area contributed by atoms with Crippen LogP contribution in [0.25, 0.3) is 0 Å². The number of rotatable bonds is 7. The second kappa shape index (κ2) is 9.60. The fourth-order valence-electron chi connectivity index (χ4n) is 3.73. The summed E-state index contributed by atoms with van der Waals surface area (Å²) in [5.41, 5.74) is 2.45. The minimum Gasteiger partial charge on any atom is -0.459 e. The number of hydrogen-bond donors (Lipinski definition) is 1. The molecule has 0 unspecified atom stereocenters. The maximum atomic E-state index is 12.4. The Morgan fingerprint density at radius 2 is 1.87 bits per heavy atom. The lowest BCUT2D eigenvalue weighted by Gasteiger charge is -2.31. The molecule has 2 heterocycles. The Morgan fingerprint density at radius 1 is 1.13 bits per heavy atom. The van der Waals surface area contributed by atoms with Gasteiger partial charge in [-0.05, 0) is 44.2 Å². The predicted molar refractivity (Wildman–Crippen MR) is 117 cm³/mol. The number of likely N-dealkylation sites (tertiary alicyclic amines) is 1. The number of ether oxygens (including phenoxy) is 1. The first kappa shape index (κ1) is 21.5. The standard InChI is InChI=1S/C23H27N3O4S/c1-15-4-2-3-5-19(15)25-20(27)12-21-24-18(14-31-21)13-30-23(29)17-8-10-26(11-9-17)22(28)16-6-7-16/h2-5,14,16-17H,6-13H2,1H3,(H,25,27). The van der Waals surface area contributed by atoms with Crippen molar-refractivity contribution in [3.63, 3.8) is 0 Å². The van der Waals surface area contributed by atoms with Crippen LogP contribution in [-0.2, 0) is 32.1 Å². The van der Waals surface area contributed by atoms with E-state index in [4.69, 9.17) is 4.74 Å². The molecular weight excluding hydrogens is 414 g/mol. The van der Waals surface area contributed by atoms with E-state index in [1.807, 2.05) is 41.5 Å². The van der Waals surface area contributed by atoms with Crippen LogP contribution in [0, 0.1) is 18.8 Å². The molecule has 164 valence electrons. The average molecular weight is 442 g/mol. The van der Waals surface area contributed by atoms with E-state index in [9.17, 15) is 14.4 Å². The van der Waals surface area contributed by atoms with Gasteiger partial charge >= 0.3 is 5.97 Å². The van der Waals surface area contributed by atoms with Crippen molar-refractivity contribution in [2.45, 2.75) is 45.6 Å². The molecule has 0 atom stereocenters. The van der Waals surface area contributed by atoms with E-state index in [1.165, 1.54) is 11.3 Å². The Labute approximate surface area is 185 Å². The summed E-state index contributed by atoms with van der Waals surface area (Å²) in [5, 5.41) is 5.40. The largest absolute Gasteiger partial charge is 0.459 e. The molecule has 0 bridgehead atoms. The highest BCUT2D eigenvalue weighted by molar-refractivity contribution is 7.09. The number of amides is 2. The van der Waals surface area contributed by atoms with E-state index in [2.05, 4.69) is 10.3 Å². The second-order valence-electron chi connectivity index (χ2n) is 8.25. The van der Waals surface area contributed by atoms with Crippen molar-refractivity contribution in [2.75, 3.05) is 18.4 Å². The number of para-hydroxylation sites is 1. The number of carbonyl (C=O) groups excluding carboxylic acids is 3. The number of piperidine rings is 1. The van der Waals surface area contributed by atoms with E-state index in [1.54, 1.807) is 0 Å². The SMILES string of the molecule is Cc1ccccc1NC(=O)Cc1nc(COC(=O)C2CCN(C(=O)C3CC3)CC2)cs1. The van der Waals surface area contributed by atoms with Crippen molar-refractivity contribution in [1.29, 1.82) is 0 Å². The molecule has 7 nitrogen and oxygen atoms in total. The highest BCUT2D eigenvalue weighted by atomic mass is 32.1. The fraction of sp³-hybridized carbons (Fsp3) is 0.478. The van der Waals surface area contributed by atoms with Crippen LogP contribution in [0.3, 0.4) is 0 Å². The summed E-state index contributed by atoms with van der Waals surface area (Å²) in [6.07, 6.45) is 3.49. The lowest BCUT2D eigenvalue weighted by atomic mass is 9.97. The summed E-state index contributed by atoms with van der Waals surface area (Å²) >= 11 is 1.38. The third-order valence-electron chi connectivity index (χ3n) is 5.76. The molecule has 1 N–H and O–H groups in total. The number of nitrogens with one attached hydrogen (secondary N) is 1. The molecule has 2 amide bonds. The van der Waals surface area contributed by atoms with Gasteiger partial charge in [0.1, 0.15) is 11.6 Å². The van der Waals surface area contributed by atoms with Crippen LogP contribution >= 0.6 is 11.3 Å². The van der Waals surface area contributed by atoms with Crippen molar-refractivity contribution in [3.8, 4) is 0 Å². The molecule has 1 saturated carbocycles. The molecule has 2 aromatic rings. The van der Waals surface area contributed by atoms with E-state index < -0.39 is 0 Å². The van der Waals surface area contributed by atoms with E-state index in [-0.39, 0.29) is 42.6 Å². The number of hydrogen-bond acceptors (Lipinski definition) is 6. The van der Waals surface area contributed by atoms with Gasteiger partial charge in [0.2, 0.25) is 11.8 Å². The molecule has 1 aromatic carbocycles. The molecular formula is C23H27N3O4S. The number of aromatic nitrogens is 1. The summed E-state index contributed by atoms with van der Waals surface area (Å²) in [6, 6.07) is 7.62. The highest BCUT2D eigenvalue weighted by Gasteiger charge is 2.36. The Kier molecular flexibility index (Phi) is 6.65. The van der Waals surface area contributed by atoms with Gasteiger partial charge in [-0.2, -0.15) is 0 Å². The molecule has 4 rings (SSSR count).